The molecule has 0 aliphatic rings. The summed E-state index contributed by atoms with van der Waals surface area (Å²) >= 11 is 0. The summed E-state index contributed by atoms with van der Waals surface area (Å²) in [6, 6.07) is 7.41. The number of anilines is 2. The largest absolute Gasteiger partial charge is 0.493 e. The van der Waals surface area contributed by atoms with Crippen molar-refractivity contribution in [3.8, 4) is 11.5 Å². The number of carbonyl (C=O) groups excluding carboxylic acids is 2. The fraction of sp³-hybridized carbons (Fsp3) is 0.263. The van der Waals surface area contributed by atoms with E-state index in [1.165, 1.54) is 39.5 Å². The molecule has 0 atom stereocenters. The molecule has 1 amide bonds. The zero-order valence-electron chi connectivity index (χ0n) is 15.5. The maximum atomic E-state index is 13.6. The molecule has 0 aliphatic heterocycles. The predicted molar refractivity (Wildman–Crippen MR) is 99.1 cm³/mol. The Bertz CT molecular complexity index is 854. The molecule has 0 saturated heterocycles. The highest BCUT2D eigenvalue weighted by Crippen LogP contribution is 2.33. The van der Waals surface area contributed by atoms with Gasteiger partial charge < -0.3 is 24.8 Å². The highest BCUT2D eigenvalue weighted by molar-refractivity contribution is 5.99. The Morgan fingerprint density at radius 2 is 1.70 bits per heavy atom. The Kier molecular flexibility index (Phi) is 6.59. The summed E-state index contributed by atoms with van der Waals surface area (Å²) in [5.74, 6) is -0.686. The number of hydrogen-bond donors (Lipinski definition) is 2. The quantitative estimate of drug-likeness (QED) is 0.723. The van der Waals surface area contributed by atoms with Gasteiger partial charge in [0.1, 0.15) is 5.82 Å². The molecular weight excluding hydrogens is 355 g/mol. The number of ether oxygens (including phenoxy) is 3. The number of halogens is 1. The van der Waals surface area contributed by atoms with Crippen LogP contribution in [-0.4, -0.2) is 39.8 Å². The van der Waals surface area contributed by atoms with Crippen molar-refractivity contribution < 1.29 is 28.2 Å². The first kappa shape index (κ1) is 20.0. The first-order valence-electron chi connectivity index (χ1n) is 8.03. The van der Waals surface area contributed by atoms with Crippen LogP contribution in [0.15, 0.2) is 30.3 Å². The van der Waals surface area contributed by atoms with Gasteiger partial charge >= 0.3 is 5.97 Å². The van der Waals surface area contributed by atoms with Gasteiger partial charge in [0.25, 0.3) is 0 Å². The summed E-state index contributed by atoms with van der Waals surface area (Å²) < 4.78 is 28.7. The van der Waals surface area contributed by atoms with Gasteiger partial charge in [-0.2, -0.15) is 0 Å². The lowest BCUT2D eigenvalue weighted by atomic mass is 10.1. The molecule has 0 fully saturated rings. The minimum atomic E-state index is -0.598. The molecule has 0 bridgehead atoms. The molecule has 0 spiro atoms. The van der Waals surface area contributed by atoms with Crippen LogP contribution < -0.4 is 20.1 Å². The van der Waals surface area contributed by atoms with Crippen LogP contribution in [0.5, 0.6) is 11.5 Å². The van der Waals surface area contributed by atoms with E-state index in [4.69, 9.17) is 14.2 Å². The zero-order valence-corrected chi connectivity index (χ0v) is 15.5. The van der Waals surface area contributed by atoms with Gasteiger partial charge in [-0.1, -0.05) is 6.07 Å². The van der Waals surface area contributed by atoms with E-state index in [0.717, 1.165) is 0 Å². The molecule has 2 aromatic carbocycles. The SMILES string of the molecule is COC(=O)c1cc(OC)c(OC)cc1NCC(=O)Nc1ccc(C)c(F)c1. The average molecular weight is 376 g/mol. The van der Waals surface area contributed by atoms with Crippen molar-refractivity contribution in [3.63, 3.8) is 0 Å². The van der Waals surface area contributed by atoms with E-state index in [1.54, 1.807) is 19.1 Å². The number of benzene rings is 2. The van der Waals surface area contributed by atoms with Crippen molar-refractivity contribution in [1.29, 1.82) is 0 Å². The Balaban J connectivity index is 2.16. The lowest BCUT2D eigenvalue weighted by Crippen LogP contribution is -2.23. The number of nitrogens with one attached hydrogen (secondary N) is 2. The van der Waals surface area contributed by atoms with Crippen molar-refractivity contribution in [2.75, 3.05) is 38.5 Å². The third-order valence-electron chi connectivity index (χ3n) is 3.82. The second kappa shape index (κ2) is 8.88. The molecule has 8 heteroatoms. The second-order valence-corrected chi connectivity index (χ2v) is 5.61. The number of esters is 1. The van der Waals surface area contributed by atoms with E-state index in [9.17, 15) is 14.0 Å². The molecular formula is C19H21FN2O5. The van der Waals surface area contributed by atoms with Gasteiger partial charge in [-0.05, 0) is 24.6 Å². The molecule has 0 aromatic heterocycles. The van der Waals surface area contributed by atoms with Gasteiger partial charge in [0.05, 0.1) is 39.1 Å². The highest BCUT2D eigenvalue weighted by atomic mass is 19.1. The molecule has 2 N–H and O–H groups in total. The van der Waals surface area contributed by atoms with Gasteiger partial charge in [-0.15, -0.1) is 0 Å². The minimum absolute atomic E-state index is 0.158. The van der Waals surface area contributed by atoms with Gasteiger partial charge in [0, 0.05) is 17.8 Å². The topological polar surface area (TPSA) is 85.9 Å². The summed E-state index contributed by atoms with van der Waals surface area (Å²) in [7, 11) is 4.15. The van der Waals surface area contributed by atoms with Crippen LogP contribution in [0.2, 0.25) is 0 Å². The summed E-state index contributed by atoms with van der Waals surface area (Å²) in [5.41, 5.74) is 1.35. The first-order chi connectivity index (χ1) is 12.9. The van der Waals surface area contributed by atoms with Gasteiger partial charge in [-0.25, -0.2) is 9.18 Å². The molecule has 0 heterocycles. The summed E-state index contributed by atoms with van der Waals surface area (Å²) in [4.78, 5) is 24.1. The monoisotopic (exact) mass is 376 g/mol. The number of carbonyl (C=O) groups is 2. The molecule has 2 aromatic rings. The van der Waals surface area contributed by atoms with E-state index in [2.05, 4.69) is 10.6 Å². The lowest BCUT2D eigenvalue weighted by Gasteiger charge is -2.15. The van der Waals surface area contributed by atoms with Crippen molar-refractivity contribution in [3.05, 3.63) is 47.3 Å². The minimum Gasteiger partial charge on any atom is -0.493 e. The predicted octanol–water partition coefficient (Wildman–Crippen LogP) is 2.99. The Labute approximate surface area is 156 Å². The van der Waals surface area contributed by atoms with Crippen LogP contribution in [0.1, 0.15) is 15.9 Å². The van der Waals surface area contributed by atoms with Crippen LogP contribution in [0.3, 0.4) is 0 Å². The smallest absolute Gasteiger partial charge is 0.340 e. The van der Waals surface area contributed by atoms with E-state index in [1.807, 2.05) is 0 Å². The number of amides is 1. The van der Waals surface area contributed by atoms with Crippen LogP contribution in [0, 0.1) is 12.7 Å². The van der Waals surface area contributed by atoms with E-state index < -0.39 is 17.7 Å². The molecule has 7 nitrogen and oxygen atoms in total. The normalized spacial score (nSPS) is 10.1. The van der Waals surface area contributed by atoms with Gasteiger partial charge in [-0.3, -0.25) is 4.79 Å². The molecule has 0 unspecified atom stereocenters. The van der Waals surface area contributed by atoms with Crippen LogP contribution in [0.4, 0.5) is 15.8 Å². The molecule has 144 valence electrons. The Morgan fingerprint density at radius 1 is 1.04 bits per heavy atom. The van der Waals surface area contributed by atoms with Crippen molar-refractivity contribution in [1.82, 2.24) is 0 Å². The van der Waals surface area contributed by atoms with Gasteiger partial charge in [0.15, 0.2) is 11.5 Å². The maximum absolute atomic E-state index is 13.6. The summed E-state index contributed by atoms with van der Waals surface area (Å²) in [5, 5.41) is 5.44. The number of methoxy groups -OCH3 is 3. The first-order valence-corrected chi connectivity index (χ1v) is 8.03. The van der Waals surface area contributed by atoms with E-state index >= 15 is 0 Å². The standard InChI is InChI=1S/C19H21FN2O5/c1-11-5-6-12(7-14(11)20)22-18(23)10-21-15-9-17(26-3)16(25-2)8-13(15)19(24)27-4/h5-9,21H,10H2,1-4H3,(H,22,23). The number of rotatable bonds is 7. The van der Waals surface area contributed by atoms with Crippen molar-refractivity contribution in [2.45, 2.75) is 6.92 Å². The zero-order chi connectivity index (χ0) is 20.0. The van der Waals surface area contributed by atoms with Crippen LogP contribution in [0.25, 0.3) is 0 Å². The van der Waals surface area contributed by atoms with Crippen LogP contribution in [-0.2, 0) is 9.53 Å². The van der Waals surface area contributed by atoms with E-state index in [-0.39, 0.29) is 12.1 Å². The third kappa shape index (κ3) is 4.87. The lowest BCUT2D eigenvalue weighted by molar-refractivity contribution is -0.114. The van der Waals surface area contributed by atoms with Crippen LogP contribution >= 0.6 is 0 Å². The highest BCUT2D eigenvalue weighted by Gasteiger charge is 2.18. The number of hydrogen-bond acceptors (Lipinski definition) is 6. The second-order valence-electron chi connectivity index (χ2n) is 5.61. The van der Waals surface area contributed by atoms with Gasteiger partial charge in [0.2, 0.25) is 5.91 Å². The Hall–Kier alpha value is -3.29. The molecule has 2 rings (SSSR count). The van der Waals surface area contributed by atoms with E-state index in [0.29, 0.717) is 28.4 Å². The summed E-state index contributed by atoms with van der Waals surface area (Å²) in [6.45, 7) is 1.48. The van der Waals surface area contributed by atoms with Crippen molar-refractivity contribution >= 4 is 23.3 Å². The fourth-order valence-electron chi connectivity index (χ4n) is 2.36. The molecule has 0 aliphatic carbocycles. The summed E-state index contributed by atoms with van der Waals surface area (Å²) in [6.07, 6.45) is 0. The average Bonchev–Trinajstić information content (AvgIpc) is 2.67. The number of aryl methyl sites for hydroxylation is 1. The Morgan fingerprint density at radius 3 is 2.30 bits per heavy atom. The molecule has 27 heavy (non-hydrogen) atoms. The fourth-order valence-corrected chi connectivity index (χ4v) is 2.36. The van der Waals surface area contributed by atoms with Crippen molar-refractivity contribution in [2.24, 2.45) is 0 Å². The molecule has 0 radical (unpaired) electrons. The maximum Gasteiger partial charge on any atom is 0.340 e. The molecule has 0 saturated carbocycles. The third-order valence-corrected chi connectivity index (χ3v) is 3.82.